The highest BCUT2D eigenvalue weighted by atomic mass is 16.5. The van der Waals surface area contributed by atoms with Crippen LogP contribution in [-0.2, 0) is 6.42 Å². The minimum Gasteiger partial charge on any atom is -0.493 e. The Morgan fingerprint density at radius 1 is 1.28 bits per heavy atom. The Balaban J connectivity index is 2.92. The fraction of sp³-hybridized carbons (Fsp3) is 0.571. The summed E-state index contributed by atoms with van der Waals surface area (Å²) in [5.41, 5.74) is 6.99. The third-order valence-electron chi connectivity index (χ3n) is 3.11. The Kier molecular flexibility index (Phi) is 4.99. The van der Waals surface area contributed by atoms with Gasteiger partial charge in [-0.3, -0.25) is 4.90 Å². The molecule has 1 atom stereocenters. The fourth-order valence-electron chi connectivity index (χ4n) is 1.67. The molecule has 0 bridgehead atoms. The van der Waals surface area contributed by atoms with E-state index in [1.54, 1.807) is 7.11 Å². The molecule has 1 aromatic carbocycles. The largest absolute Gasteiger partial charge is 0.493 e. The van der Waals surface area contributed by atoms with Crippen molar-refractivity contribution >= 4 is 0 Å². The molecule has 4 nitrogen and oxygen atoms in total. The summed E-state index contributed by atoms with van der Waals surface area (Å²) < 4.78 is 10.8. The molecule has 1 rings (SSSR count). The van der Waals surface area contributed by atoms with Gasteiger partial charge in [0.25, 0.3) is 0 Å². The number of methoxy groups -OCH3 is 1. The van der Waals surface area contributed by atoms with Crippen LogP contribution in [0.1, 0.15) is 19.4 Å². The van der Waals surface area contributed by atoms with Gasteiger partial charge >= 0.3 is 0 Å². The van der Waals surface area contributed by atoms with Gasteiger partial charge in [0.05, 0.1) is 19.4 Å². The molecule has 18 heavy (non-hydrogen) atoms. The summed E-state index contributed by atoms with van der Waals surface area (Å²) in [6, 6.07) is 5.95. The van der Waals surface area contributed by atoms with Crippen LogP contribution >= 0.6 is 0 Å². The first-order valence-corrected chi connectivity index (χ1v) is 6.16. The Morgan fingerprint density at radius 3 is 2.44 bits per heavy atom. The number of hydrogen-bond acceptors (Lipinski definition) is 4. The second-order valence-electron chi connectivity index (χ2n) is 4.85. The predicted molar refractivity (Wildman–Crippen MR) is 74.1 cm³/mol. The molecule has 0 aliphatic rings. The molecule has 1 unspecified atom stereocenters. The van der Waals surface area contributed by atoms with Crippen molar-refractivity contribution in [2.24, 2.45) is 5.73 Å². The van der Waals surface area contributed by atoms with Crippen LogP contribution in [-0.4, -0.2) is 38.4 Å². The molecule has 0 aliphatic carbocycles. The number of nitrogens with two attached hydrogens (primary N) is 1. The lowest BCUT2D eigenvalue weighted by Crippen LogP contribution is -2.51. The van der Waals surface area contributed by atoms with Gasteiger partial charge in [0, 0.05) is 6.42 Å². The van der Waals surface area contributed by atoms with Gasteiger partial charge in [-0.05, 0) is 45.6 Å². The number of hydrogen-bond donors (Lipinski definition) is 1. The highest BCUT2D eigenvalue weighted by Crippen LogP contribution is 2.29. The van der Waals surface area contributed by atoms with E-state index in [1.807, 2.05) is 51.0 Å². The molecule has 2 N–H and O–H groups in total. The molecule has 0 saturated carbocycles. The summed E-state index contributed by atoms with van der Waals surface area (Å²) in [6.45, 7) is 4.59. The molecule has 0 fully saturated rings. The van der Waals surface area contributed by atoms with E-state index < -0.39 is 0 Å². The van der Waals surface area contributed by atoms with Gasteiger partial charge in [-0.15, -0.1) is 0 Å². The van der Waals surface area contributed by atoms with Gasteiger partial charge in [0.2, 0.25) is 0 Å². The van der Waals surface area contributed by atoms with E-state index in [1.165, 1.54) is 0 Å². The SMILES string of the molecule is CCOc1ccc(CC(C)(N)N(C)C)cc1OC. The lowest BCUT2D eigenvalue weighted by atomic mass is 10.0. The zero-order valence-electron chi connectivity index (χ0n) is 12.0. The topological polar surface area (TPSA) is 47.7 Å². The summed E-state index contributed by atoms with van der Waals surface area (Å²) in [5.74, 6) is 1.52. The molecule has 0 radical (unpaired) electrons. The van der Waals surface area contributed by atoms with Crippen molar-refractivity contribution < 1.29 is 9.47 Å². The van der Waals surface area contributed by atoms with Crippen LogP contribution in [0, 0.1) is 0 Å². The highest BCUT2D eigenvalue weighted by molar-refractivity contribution is 5.43. The van der Waals surface area contributed by atoms with Crippen LogP contribution in [0.15, 0.2) is 18.2 Å². The zero-order valence-corrected chi connectivity index (χ0v) is 12.0. The first-order chi connectivity index (χ1) is 8.40. The molecule has 4 heteroatoms. The third-order valence-corrected chi connectivity index (χ3v) is 3.11. The molecule has 0 saturated heterocycles. The molecule has 1 aromatic rings. The van der Waals surface area contributed by atoms with Gasteiger partial charge in [-0.1, -0.05) is 6.07 Å². The second-order valence-corrected chi connectivity index (χ2v) is 4.85. The minimum atomic E-state index is -0.377. The van der Waals surface area contributed by atoms with Gasteiger partial charge in [-0.25, -0.2) is 0 Å². The molecule has 0 spiro atoms. The van der Waals surface area contributed by atoms with Crippen molar-refractivity contribution in [3.05, 3.63) is 23.8 Å². The molecule has 0 aliphatic heterocycles. The molecule has 0 amide bonds. The second kappa shape index (κ2) is 6.07. The quantitative estimate of drug-likeness (QED) is 0.785. The van der Waals surface area contributed by atoms with Crippen LogP contribution in [0.25, 0.3) is 0 Å². The normalized spacial score (nSPS) is 14.4. The van der Waals surface area contributed by atoms with Crippen LogP contribution in [0.4, 0.5) is 0 Å². The van der Waals surface area contributed by atoms with Crippen LogP contribution < -0.4 is 15.2 Å². The van der Waals surface area contributed by atoms with Crippen molar-refractivity contribution in [1.82, 2.24) is 4.90 Å². The Labute approximate surface area is 110 Å². The summed E-state index contributed by atoms with van der Waals surface area (Å²) in [5, 5.41) is 0. The number of nitrogens with zero attached hydrogens (tertiary/aromatic N) is 1. The molecular weight excluding hydrogens is 228 g/mol. The number of benzene rings is 1. The summed E-state index contributed by atoms with van der Waals surface area (Å²) >= 11 is 0. The lowest BCUT2D eigenvalue weighted by molar-refractivity contribution is 0.180. The smallest absolute Gasteiger partial charge is 0.161 e. The third kappa shape index (κ3) is 3.62. The van der Waals surface area contributed by atoms with E-state index >= 15 is 0 Å². The Hall–Kier alpha value is -1.26. The zero-order chi connectivity index (χ0) is 13.8. The van der Waals surface area contributed by atoms with Crippen LogP contribution in [0.2, 0.25) is 0 Å². The predicted octanol–water partition coefficient (Wildman–Crippen LogP) is 1.87. The molecule has 0 aromatic heterocycles. The van der Waals surface area contributed by atoms with Crippen LogP contribution in [0.5, 0.6) is 11.5 Å². The summed E-state index contributed by atoms with van der Waals surface area (Å²) in [7, 11) is 5.60. The Morgan fingerprint density at radius 2 is 1.94 bits per heavy atom. The van der Waals surface area contributed by atoms with E-state index in [0.29, 0.717) is 6.61 Å². The van der Waals surface area contributed by atoms with Crippen molar-refractivity contribution in [1.29, 1.82) is 0 Å². The summed E-state index contributed by atoms with van der Waals surface area (Å²) in [6.07, 6.45) is 0.753. The highest BCUT2D eigenvalue weighted by Gasteiger charge is 2.22. The molecule has 102 valence electrons. The van der Waals surface area contributed by atoms with Gasteiger partial charge in [0.15, 0.2) is 11.5 Å². The van der Waals surface area contributed by atoms with Crippen molar-refractivity contribution in [3.63, 3.8) is 0 Å². The number of ether oxygens (including phenoxy) is 2. The lowest BCUT2D eigenvalue weighted by Gasteiger charge is -2.32. The maximum atomic E-state index is 6.23. The van der Waals surface area contributed by atoms with Gasteiger partial charge < -0.3 is 15.2 Å². The maximum Gasteiger partial charge on any atom is 0.161 e. The van der Waals surface area contributed by atoms with E-state index in [0.717, 1.165) is 23.5 Å². The number of likely N-dealkylation sites (N-methyl/N-ethyl adjacent to an activating group) is 1. The Bertz CT molecular complexity index is 389. The van der Waals surface area contributed by atoms with E-state index in [9.17, 15) is 0 Å². The molecule has 0 heterocycles. The monoisotopic (exact) mass is 252 g/mol. The van der Waals surface area contributed by atoms with Crippen molar-refractivity contribution in [3.8, 4) is 11.5 Å². The van der Waals surface area contributed by atoms with Crippen molar-refractivity contribution in [2.75, 3.05) is 27.8 Å². The summed E-state index contributed by atoms with van der Waals surface area (Å²) in [4.78, 5) is 2.01. The van der Waals surface area contributed by atoms with E-state index in [4.69, 9.17) is 15.2 Å². The first-order valence-electron chi connectivity index (χ1n) is 6.16. The average molecular weight is 252 g/mol. The fourth-order valence-corrected chi connectivity index (χ4v) is 1.67. The standard InChI is InChI=1S/C14H24N2O2/c1-6-18-12-8-7-11(9-13(12)17-5)10-14(2,15)16(3)4/h7-9H,6,10,15H2,1-5H3. The van der Waals surface area contributed by atoms with Gasteiger partial charge in [-0.2, -0.15) is 0 Å². The molecular formula is C14H24N2O2. The number of rotatable bonds is 6. The van der Waals surface area contributed by atoms with Crippen LogP contribution in [0.3, 0.4) is 0 Å². The van der Waals surface area contributed by atoms with Gasteiger partial charge in [0.1, 0.15) is 0 Å². The first kappa shape index (κ1) is 14.8. The van der Waals surface area contributed by atoms with E-state index in [2.05, 4.69) is 0 Å². The maximum absolute atomic E-state index is 6.23. The van der Waals surface area contributed by atoms with E-state index in [-0.39, 0.29) is 5.66 Å². The van der Waals surface area contributed by atoms with Crippen molar-refractivity contribution in [2.45, 2.75) is 25.9 Å². The average Bonchev–Trinajstić information content (AvgIpc) is 2.30. The minimum absolute atomic E-state index is 0.377.